The minimum atomic E-state index is 0.602. The van der Waals surface area contributed by atoms with Crippen molar-refractivity contribution in [1.29, 1.82) is 0 Å². The van der Waals surface area contributed by atoms with Crippen LogP contribution in [-0.2, 0) is 0 Å². The third kappa shape index (κ3) is 6.35. The molecule has 12 rings (SSSR count). The molecule has 12 aromatic rings. The second-order valence-corrected chi connectivity index (χ2v) is 16.6. The number of benzene rings is 9. The smallest absolute Gasteiger partial charge is 0.164 e. The van der Waals surface area contributed by atoms with Gasteiger partial charge in [0, 0.05) is 47.6 Å². The first-order chi connectivity index (χ1) is 30.7. The molecule has 290 valence electrons. The molecular weight excluding hydrogens is 775 g/mol. The lowest BCUT2D eigenvalue weighted by atomic mass is 9.91. The Hall–Kier alpha value is -7.99. The van der Waals surface area contributed by atoms with Gasteiger partial charge in [0.25, 0.3) is 0 Å². The molecular formula is C57H35N3OS. The van der Waals surface area contributed by atoms with Crippen LogP contribution >= 0.6 is 11.3 Å². The number of hydrogen-bond donors (Lipinski definition) is 0. The van der Waals surface area contributed by atoms with Crippen molar-refractivity contribution in [3.05, 3.63) is 212 Å². The number of fused-ring (bicyclic) bond motifs is 6. The molecule has 0 fully saturated rings. The fourth-order valence-electron chi connectivity index (χ4n) is 8.71. The molecule has 0 saturated heterocycles. The minimum Gasteiger partial charge on any atom is -0.456 e. The van der Waals surface area contributed by atoms with Gasteiger partial charge in [-0.2, -0.15) is 0 Å². The Labute approximate surface area is 362 Å². The Morgan fingerprint density at radius 3 is 1.65 bits per heavy atom. The third-order valence-corrected chi connectivity index (χ3v) is 12.9. The van der Waals surface area contributed by atoms with Gasteiger partial charge in [0.15, 0.2) is 17.5 Å². The topological polar surface area (TPSA) is 51.8 Å². The van der Waals surface area contributed by atoms with Crippen LogP contribution < -0.4 is 0 Å². The van der Waals surface area contributed by atoms with Gasteiger partial charge in [0.05, 0.1) is 0 Å². The number of rotatable bonds is 7. The number of nitrogens with zero attached hydrogens (tertiary/aromatic N) is 3. The highest BCUT2D eigenvalue weighted by atomic mass is 32.1. The van der Waals surface area contributed by atoms with Crippen LogP contribution in [-0.4, -0.2) is 15.0 Å². The number of furan rings is 1. The minimum absolute atomic E-state index is 0.602. The van der Waals surface area contributed by atoms with Gasteiger partial charge in [-0.15, -0.1) is 11.3 Å². The van der Waals surface area contributed by atoms with Crippen LogP contribution in [0.2, 0.25) is 0 Å². The quantitative estimate of drug-likeness (QED) is 0.161. The molecule has 0 atom stereocenters. The van der Waals surface area contributed by atoms with E-state index in [0.717, 1.165) is 83.1 Å². The summed E-state index contributed by atoms with van der Waals surface area (Å²) in [6.45, 7) is 0. The zero-order chi connectivity index (χ0) is 41.0. The van der Waals surface area contributed by atoms with Crippen molar-refractivity contribution in [2.75, 3.05) is 0 Å². The molecule has 0 amide bonds. The molecule has 62 heavy (non-hydrogen) atoms. The predicted octanol–water partition coefficient (Wildman–Crippen LogP) is 15.8. The van der Waals surface area contributed by atoms with E-state index in [2.05, 4.69) is 188 Å². The van der Waals surface area contributed by atoms with Crippen LogP contribution in [0.15, 0.2) is 217 Å². The second-order valence-electron chi connectivity index (χ2n) is 15.5. The van der Waals surface area contributed by atoms with Gasteiger partial charge in [-0.1, -0.05) is 170 Å². The summed E-state index contributed by atoms with van der Waals surface area (Å²) in [5, 5.41) is 4.65. The van der Waals surface area contributed by atoms with Crippen LogP contribution in [0.4, 0.5) is 0 Å². The normalized spacial score (nSPS) is 11.5. The maximum Gasteiger partial charge on any atom is 0.164 e. The van der Waals surface area contributed by atoms with Gasteiger partial charge in [-0.25, -0.2) is 15.0 Å². The zero-order valence-electron chi connectivity index (χ0n) is 33.4. The first-order valence-corrected chi connectivity index (χ1v) is 21.6. The summed E-state index contributed by atoms with van der Waals surface area (Å²) in [5.74, 6) is 1.82. The van der Waals surface area contributed by atoms with E-state index in [1.807, 2.05) is 35.6 Å². The molecule has 3 heterocycles. The second kappa shape index (κ2) is 14.9. The average Bonchev–Trinajstić information content (AvgIpc) is 3.93. The van der Waals surface area contributed by atoms with E-state index >= 15 is 0 Å². The van der Waals surface area contributed by atoms with Gasteiger partial charge in [0.2, 0.25) is 0 Å². The first kappa shape index (κ1) is 35.9. The summed E-state index contributed by atoms with van der Waals surface area (Å²) < 4.78 is 8.74. The third-order valence-electron chi connectivity index (χ3n) is 11.8. The highest BCUT2D eigenvalue weighted by molar-refractivity contribution is 7.25. The lowest BCUT2D eigenvalue weighted by molar-refractivity contribution is 0.669. The summed E-state index contributed by atoms with van der Waals surface area (Å²) in [6.07, 6.45) is 0. The van der Waals surface area contributed by atoms with Gasteiger partial charge < -0.3 is 4.42 Å². The molecule has 5 heteroatoms. The fraction of sp³-hybridized carbons (Fsp3) is 0. The number of aromatic nitrogens is 3. The zero-order valence-corrected chi connectivity index (χ0v) is 34.2. The Bertz CT molecular complexity index is 3630. The van der Waals surface area contributed by atoms with Crippen molar-refractivity contribution in [3.63, 3.8) is 0 Å². The highest BCUT2D eigenvalue weighted by Crippen LogP contribution is 2.44. The Morgan fingerprint density at radius 2 is 0.823 bits per heavy atom. The van der Waals surface area contributed by atoms with E-state index < -0.39 is 0 Å². The first-order valence-electron chi connectivity index (χ1n) is 20.7. The molecule has 0 unspecified atom stereocenters. The fourth-order valence-corrected chi connectivity index (χ4v) is 9.85. The lowest BCUT2D eigenvalue weighted by Crippen LogP contribution is -2.01. The Morgan fingerprint density at radius 1 is 0.290 bits per heavy atom. The van der Waals surface area contributed by atoms with Crippen molar-refractivity contribution < 1.29 is 4.42 Å². The molecule has 0 aliphatic rings. The summed E-state index contributed by atoms with van der Waals surface area (Å²) in [5.41, 5.74) is 13.3. The van der Waals surface area contributed by atoms with Crippen molar-refractivity contribution in [2.45, 2.75) is 0 Å². The van der Waals surface area contributed by atoms with Crippen LogP contribution in [0.3, 0.4) is 0 Å². The monoisotopic (exact) mass is 809 g/mol. The van der Waals surface area contributed by atoms with Gasteiger partial charge in [-0.05, 0) is 87.0 Å². The largest absolute Gasteiger partial charge is 0.456 e. The van der Waals surface area contributed by atoms with E-state index in [-0.39, 0.29) is 0 Å². The van der Waals surface area contributed by atoms with E-state index in [1.54, 1.807) is 0 Å². The van der Waals surface area contributed by atoms with Gasteiger partial charge >= 0.3 is 0 Å². The SMILES string of the molecule is c1ccc(-c2ccc(-c3nc(-c4cccc(-c5ccccc5)c4)nc(-c4cc(-c5ccc6oc7ccccc7c6c5)ccc4-c4cccc5sc6ccccc6c45)n3)cc2)cc1. The summed E-state index contributed by atoms with van der Waals surface area (Å²) >= 11 is 1.82. The predicted molar refractivity (Wildman–Crippen MR) is 258 cm³/mol. The van der Waals surface area contributed by atoms with Gasteiger partial charge in [0.1, 0.15) is 11.2 Å². The summed E-state index contributed by atoms with van der Waals surface area (Å²) in [4.78, 5) is 16.0. The summed E-state index contributed by atoms with van der Waals surface area (Å²) in [7, 11) is 0. The number of thiophene rings is 1. The van der Waals surface area contributed by atoms with Crippen molar-refractivity contribution in [1.82, 2.24) is 15.0 Å². The van der Waals surface area contributed by atoms with Crippen LogP contribution in [0.5, 0.6) is 0 Å². The van der Waals surface area contributed by atoms with E-state index in [9.17, 15) is 0 Å². The van der Waals surface area contributed by atoms with Gasteiger partial charge in [-0.3, -0.25) is 0 Å². The molecule has 0 saturated carbocycles. The standard InChI is InChI=1S/C57H35N3OS/c1-3-13-36(14-4-1)38-25-27-39(28-26-38)55-58-56(43-18-11-17-40(33-43)37-15-5-2-6-16-37)60-57(59-55)49-35-41(42-30-32-51-48(34-42)45-19-7-9-22-50(45)61-51)29-31-44(49)46-21-12-24-53-54(46)47-20-8-10-23-52(47)62-53/h1-35H. The maximum absolute atomic E-state index is 6.24. The molecule has 0 radical (unpaired) electrons. The van der Waals surface area contributed by atoms with Crippen LogP contribution in [0.25, 0.3) is 121 Å². The summed E-state index contributed by atoms with van der Waals surface area (Å²) in [6, 6.07) is 74.6. The molecule has 4 nitrogen and oxygen atoms in total. The molecule has 0 N–H and O–H groups in total. The van der Waals surface area contributed by atoms with Crippen LogP contribution in [0, 0.1) is 0 Å². The number of hydrogen-bond acceptors (Lipinski definition) is 5. The molecule has 9 aromatic carbocycles. The molecule has 3 aromatic heterocycles. The molecule has 0 aliphatic carbocycles. The van der Waals surface area contributed by atoms with Crippen molar-refractivity contribution in [2.24, 2.45) is 0 Å². The molecule has 0 aliphatic heterocycles. The van der Waals surface area contributed by atoms with Crippen molar-refractivity contribution >= 4 is 53.4 Å². The van der Waals surface area contributed by atoms with E-state index in [1.165, 1.54) is 20.2 Å². The van der Waals surface area contributed by atoms with Crippen LogP contribution in [0.1, 0.15) is 0 Å². The maximum atomic E-state index is 6.24. The molecule has 0 spiro atoms. The highest BCUT2D eigenvalue weighted by Gasteiger charge is 2.21. The Balaban J connectivity index is 1.10. The average molecular weight is 810 g/mol. The number of para-hydroxylation sites is 1. The lowest BCUT2D eigenvalue weighted by Gasteiger charge is -2.15. The molecule has 0 bridgehead atoms. The van der Waals surface area contributed by atoms with Crippen molar-refractivity contribution in [3.8, 4) is 78.7 Å². The van der Waals surface area contributed by atoms with E-state index in [0.29, 0.717) is 17.5 Å². The Kier molecular flexibility index (Phi) is 8.65. The van der Waals surface area contributed by atoms with E-state index in [4.69, 9.17) is 19.4 Å².